The van der Waals surface area contributed by atoms with Gasteiger partial charge in [-0.05, 0) is 32.9 Å². The molecule has 2 aromatic rings. The Kier molecular flexibility index (Phi) is 2.97. The summed E-state index contributed by atoms with van der Waals surface area (Å²) in [4.78, 5) is 2.01. The van der Waals surface area contributed by atoms with E-state index in [0.29, 0.717) is 12.2 Å². The van der Waals surface area contributed by atoms with Gasteiger partial charge in [-0.15, -0.1) is 15.3 Å². The van der Waals surface area contributed by atoms with Crippen LogP contribution in [-0.4, -0.2) is 43.6 Å². The van der Waals surface area contributed by atoms with Gasteiger partial charge in [0, 0.05) is 13.1 Å². The highest BCUT2D eigenvalue weighted by Crippen LogP contribution is 2.14. The van der Waals surface area contributed by atoms with Crippen LogP contribution >= 0.6 is 0 Å². The van der Waals surface area contributed by atoms with Gasteiger partial charge in [-0.2, -0.15) is 4.52 Å². The summed E-state index contributed by atoms with van der Waals surface area (Å²) < 4.78 is 1.63. The second kappa shape index (κ2) is 4.29. The van der Waals surface area contributed by atoms with Gasteiger partial charge in [-0.25, -0.2) is 0 Å². The average molecular weight is 235 g/mol. The monoisotopic (exact) mass is 235 g/mol. The Morgan fingerprint density at radius 3 is 2.82 bits per heavy atom. The lowest BCUT2D eigenvalue weighted by atomic mass is 10.1. The molecule has 0 atom stereocenters. The van der Waals surface area contributed by atoms with Crippen molar-refractivity contribution in [2.75, 3.05) is 18.0 Å². The molecule has 6 heteroatoms. The Hall–Kier alpha value is -1.69. The minimum atomic E-state index is -0.750. The molecule has 0 spiro atoms. The first-order valence-electron chi connectivity index (χ1n) is 5.64. The molecule has 2 rings (SSSR count). The molecule has 0 aliphatic heterocycles. The van der Waals surface area contributed by atoms with Gasteiger partial charge in [0.25, 0.3) is 0 Å². The highest BCUT2D eigenvalue weighted by molar-refractivity contribution is 5.45. The Bertz CT molecular complexity index is 502. The molecule has 92 valence electrons. The summed E-state index contributed by atoms with van der Waals surface area (Å²) in [6.45, 7) is 6.92. The van der Waals surface area contributed by atoms with Crippen LogP contribution in [0.1, 0.15) is 20.8 Å². The van der Waals surface area contributed by atoms with Crippen LogP contribution < -0.4 is 4.90 Å². The molecule has 0 saturated heterocycles. The second-order valence-electron chi connectivity index (χ2n) is 4.65. The van der Waals surface area contributed by atoms with E-state index in [4.69, 9.17) is 0 Å². The molecule has 0 radical (unpaired) electrons. The van der Waals surface area contributed by atoms with Crippen molar-refractivity contribution in [3.63, 3.8) is 0 Å². The molecule has 2 aromatic heterocycles. The number of anilines is 1. The van der Waals surface area contributed by atoms with Gasteiger partial charge in [0.15, 0.2) is 5.65 Å². The van der Waals surface area contributed by atoms with Crippen molar-refractivity contribution in [3.8, 4) is 0 Å². The molecule has 0 aliphatic rings. The van der Waals surface area contributed by atoms with Crippen LogP contribution in [0.25, 0.3) is 5.65 Å². The van der Waals surface area contributed by atoms with Crippen molar-refractivity contribution in [2.24, 2.45) is 0 Å². The SMILES string of the molecule is CCN(CC(C)(C)O)c1ccc2nncn2n1. The molecule has 2 heterocycles. The Labute approximate surface area is 99.9 Å². The van der Waals surface area contributed by atoms with Gasteiger partial charge in [0.2, 0.25) is 0 Å². The first-order valence-corrected chi connectivity index (χ1v) is 5.64. The maximum Gasteiger partial charge on any atom is 0.177 e. The van der Waals surface area contributed by atoms with Crippen molar-refractivity contribution in [1.29, 1.82) is 0 Å². The van der Waals surface area contributed by atoms with E-state index < -0.39 is 5.60 Å². The van der Waals surface area contributed by atoms with E-state index in [-0.39, 0.29) is 0 Å². The van der Waals surface area contributed by atoms with E-state index >= 15 is 0 Å². The molecule has 0 bridgehead atoms. The summed E-state index contributed by atoms with van der Waals surface area (Å²) in [7, 11) is 0. The third-order valence-electron chi connectivity index (χ3n) is 2.43. The quantitative estimate of drug-likeness (QED) is 0.846. The van der Waals surface area contributed by atoms with Crippen LogP contribution in [0.2, 0.25) is 0 Å². The molecule has 6 nitrogen and oxygen atoms in total. The lowest BCUT2D eigenvalue weighted by Crippen LogP contribution is -2.39. The minimum Gasteiger partial charge on any atom is -0.389 e. The molecular formula is C11H17N5O. The van der Waals surface area contributed by atoms with Crippen LogP contribution in [-0.2, 0) is 0 Å². The molecule has 0 aliphatic carbocycles. The smallest absolute Gasteiger partial charge is 0.177 e. The van der Waals surface area contributed by atoms with E-state index in [1.807, 2.05) is 24.0 Å². The third-order valence-corrected chi connectivity index (χ3v) is 2.43. The van der Waals surface area contributed by atoms with Gasteiger partial charge >= 0.3 is 0 Å². The molecular weight excluding hydrogens is 218 g/mol. The van der Waals surface area contributed by atoms with E-state index in [9.17, 15) is 5.11 Å². The summed E-state index contributed by atoms with van der Waals surface area (Å²) in [5.41, 5.74) is -0.0344. The summed E-state index contributed by atoms with van der Waals surface area (Å²) in [5.74, 6) is 0.807. The number of aromatic nitrogens is 4. The van der Waals surface area contributed by atoms with Crippen molar-refractivity contribution >= 4 is 11.5 Å². The zero-order valence-corrected chi connectivity index (χ0v) is 10.3. The number of aliphatic hydroxyl groups is 1. The van der Waals surface area contributed by atoms with Crippen molar-refractivity contribution in [2.45, 2.75) is 26.4 Å². The Morgan fingerprint density at radius 2 is 2.18 bits per heavy atom. The lowest BCUT2D eigenvalue weighted by Gasteiger charge is -2.28. The summed E-state index contributed by atoms with van der Waals surface area (Å²) >= 11 is 0. The van der Waals surface area contributed by atoms with Crippen LogP contribution in [0.15, 0.2) is 18.5 Å². The third kappa shape index (κ3) is 2.71. The fourth-order valence-electron chi connectivity index (χ4n) is 1.71. The number of rotatable bonds is 4. The number of likely N-dealkylation sites (N-methyl/N-ethyl adjacent to an activating group) is 1. The fraction of sp³-hybridized carbons (Fsp3) is 0.545. The molecule has 17 heavy (non-hydrogen) atoms. The zero-order valence-electron chi connectivity index (χ0n) is 10.3. The zero-order chi connectivity index (χ0) is 12.5. The van der Waals surface area contributed by atoms with E-state index in [0.717, 1.165) is 12.4 Å². The number of nitrogens with zero attached hydrogens (tertiary/aromatic N) is 5. The molecule has 0 amide bonds. The van der Waals surface area contributed by atoms with Crippen LogP contribution in [0.4, 0.5) is 5.82 Å². The lowest BCUT2D eigenvalue weighted by molar-refractivity contribution is 0.0873. The van der Waals surface area contributed by atoms with Crippen molar-refractivity contribution in [1.82, 2.24) is 19.8 Å². The summed E-state index contributed by atoms with van der Waals surface area (Å²) in [5, 5.41) is 21.9. The normalized spacial score (nSPS) is 12.0. The summed E-state index contributed by atoms with van der Waals surface area (Å²) in [6.07, 6.45) is 1.57. The topological polar surface area (TPSA) is 66.5 Å². The van der Waals surface area contributed by atoms with Gasteiger partial charge in [-0.1, -0.05) is 0 Å². The van der Waals surface area contributed by atoms with E-state index in [2.05, 4.69) is 15.3 Å². The van der Waals surface area contributed by atoms with E-state index in [1.165, 1.54) is 0 Å². The second-order valence-corrected chi connectivity index (χ2v) is 4.65. The van der Waals surface area contributed by atoms with Gasteiger partial charge in [0.1, 0.15) is 12.1 Å². The Balaban J connectivity index is 2.29. The largest absolute Gasteiger partial charge is 0.389 e. The number of hydrogen-bond acceptors (Lipinski definition) is 5. The standard InChI is InChI=1S/C11H17N5O/c1-4-15(7-11(2,3)17)10-6-5-9-13-12-8-16(9)14-10/h5-6,8,17H,4,7H2,1-3H3. The summed E-state index contributed by atoms with van der Waals surface area (Å²) in [6, 6.07) is 3.75. The van der Waals surface area contributed by atoms with Crippen molar-refractivity contribution in [3.05, 3.63) is 18.5 Å². The predicted molar refractivity (Wildman–Crippen MR) is 65.0 cm³/mol. The highest BCUT2D eigenvalue weighted by Gasteiger charge is 2.18. The molecule has 1 N–H and O–H groups in total. The van der Waals surface area contributed by atoms with Crippen LogP contribution in [0.5, 0.6) is 0 Å². The molecule has 0 fully saturated rings. The van der Waals surface area contributed by atoms with E-state index in [1.54, 1.807) is 24.7 Å². The van der Waals surface area contributed by atoms with Gasteiger partial charge < -0.3 is 10.0 Å². The van der Waals surface area contributed by atoms with Crippen LogP contribution in [0.3, 0.4) is 0 Å². The first kappa shape index (κ1) is 11.8. The fourth-order valence-corrected chi connectivity index (χ4v) is 1.71. The highest BCUT2D eigenvalue weighted by atomic mass is 16.3. The van der Waals surface area contributed by atoms with Gasteiger partial charge in [0.05, 0.1) is 5.60 Å². The van der Waals surface area contributed by atoms with Crippen LogP contribution in [0, 0.1) is 0 Å². The molecule has 0 unspecified atom stereocenters. The van der Waals surface area contributed by atoms with Crippen molar-refractivity contribution < 1.29 is 5.11 Å². The maximum absolute atomic E-state index is 9.85. The maximum atomic E-state index is 9.85. The number of fused-ring (bicyclic) bond motifs is 1. The minimum absolute atomic E-state index is 0.532. The molecule has 0 saturated carbocycles. The number of hydrogen-bond donors (Lipinski definition) is 1. The predicted octanol–water partition coefficient (Wildman–Crippen LogP) is 0.721. The van der Waals surface area contributed by atoms with Gasteiger partial charge in [-0.3, -0.25) is 0 Å². The average Bonchev–Trinajstić information content (AvgIpc) is 2.71. The first-order chi connectivity index (χ1) is 7.99. The molecule has 0 aromatic carbocycles. The Morgan fingerprint density at radius 1 is 1.41 bits per heavy atom.